The van der Waals surface area contributed by atoms with Crippen molar-refractivity contribution in [3.63, 3.8) is 0 Å². The van der Waals surface area contributed by atoms with Crippen LogP contribution in [0.1, 0.15) is 60.3 Å². The Hall–Kier alpha value is -0.870. The molecule has 0 unspecified atom stereocenters. The van der Waals surface area contributed by atoms with Crippen molar-refractivity contribution in [2.45, 2.75) is 77.6 Å². The Bertz CT molecular complexity index is 379. The van der Waals surface area contributed by atoms with Gasteiger partial charge in [0.25, 0.3) is 0 Å². The minimum Gasteiger partial charge on any atom is -0.460 e. The van der Waals surface area contributed by atoms with Crippen LogP contribution in [0.25, 0.3) is 0 Å². The number of aliphatic hydroxyl groups is 2. The second kappa shape index (κ2) is 6.93. The third-order valence-electron chi connectivity index (χ3n) is 4.40. The molecule has 0 aromatic carbocycles. The molecule has 0 saturated carbocycles. The first-order chi connectivity index (χ1) is 9.51. The molecule has 0 heterocycles. The van der Waals surface area contributed by atoms with Crippen molar-refractivity contribution in [1.29, 1.82) is 0 Å². The Morgan fingerprint density at radius 3 is 2.52 bits per heavy atom. The zero-order valence-corrected chi connectivity index (χ0v) is 13.9. The lowest BCUT2D eigenvalue weighted by Crippen LogP contribution is -2.39. The fourth-order valence-electron chi connectivity index (χ4n) is 2.83. The largest absolute Gasteiger partial charge is 0.460 e. The van der Waals surface area contributed by atoms with Crippen LogP contribution in [0.3, 0.4) is 0 Å². The van der Waals surface area contributed by atoms with Gasteiger partial charge in [-0.05, 0) is 58.3 Å². The summed E-state index contributed by atoms with van der Waals surface area (Å²) in [4.78, 5) is 11.1. The fourth-order valence-corrected chi connectivity index (χ4v) is 2.83. The molecule has 0 spiro atoms. The highest BCUT2D eigenvalue weighted by Crippen LogP contribution is 2.33. The van der Waals surface area contributed by atoms with Crippen LogP contribution in [-0.4, -0.2) is 33.5 Å². The van der Waals surface area contributed by atoms with E-state index < -0.39 is 17.3 Å². The molecule has 0 saturated heterocycles. The van der Waals surface area contributed by atoms with Crippen molar-refractivity contribution in [3.05, 3.63) is 12.2 Å². The normalized spacial score (nSPS) is 29.0. The van der Waals surface area contributed by atoms with Gasteiger partial charge in [0.1, 0.15) is 6.10 Å². The summed E-state index contributed by atoms with van der Waals surface area (Å²) in [6.07, 6.45) is 6.76. The molecule has 0 aromatic rings. The van der Waals surface area contributed by atoms with E-state index in [1.54, 1.807) is 13.8 Å². The number of rotatable bonds is 6. The first-order valence-electron chi connectivity index (χ1n) is 7.82. The van der Waals surface area contributed by atoms with Crippen molar-refractivity contribution < 1.29 is 19.7 Å². The molecule has 21 heavy (non-hydrogen) atoms. The summed E-state index contributed by atoms with van der Waals surface area (Å²) in [5, 5.41) is 20.0. The van der Waals surface area contributed by atoms with Crippen LogP contribution in [0.4, 0.5) is 0 Å². The van der Waals surface area contributed by atoms with Gasteiger partial charge in [-0.25, -0.2) is 0 Å². The van der Waals surface area contributed by atoms with Crippen LogP contribution in [0.2, 0.25) is 0 Å². The Labute approximate surface area is 128 Å². The number of allylic oxidation sites excluding steroid dienone is 1. The number of esters is 1. The molecule has 4 nitrogen and oxygen atoms in total. The molecule has 0 aromatic heterocycles. The number of ether oxygens (including phenoxy) is 1. The standard InChI is InChI=1S/C17H30O4/c1-12(14-8-10-17(5,20)11-9-14)6-7-15(16(3,4)19)21-13(2)18/h8,10,12,14-15,19-20H,6-7,9,11H2,1-5H3/t12-,14+,15+,17+/m0/s1. The fraction of sp³-hybridized carbons (Fsp3) is 0.824. The molecule has 4 heteroatoms. The number of carbonyl (C=O) groups is 1. The quantitative estimate of drug-likeness (QED) is 0.584. The average molecular weight is 298 g/mol. The molecule has 1 aliphatic carbocycles. The summed E-state index contributed by atoms with van der Waals surface area (Å²) in [5.41, 5.74) is -1.71. The third-order valence-corrected chi connectivity index (χ3v) is 4.40. The van der Waals surface area contributed by atoms with E-state index in [1.165, 1.54) is 6.92 Å². The molecule has 0 radical (unpaired) electrons. The lowest BCUT2D eigenvalue weighted by molar-refractivity contribution is -0.160. The summed E-state index contributed by atoms with van der Waals surface area (Å²) < 4.78 is 5.24. The van der Waals surface area contributed by atoms with E-state index in [2.05, 4.69) is 13.0 Å². The lowest BCUT2D eigenvalue weighted by Gasteiger charge is -2.33. The van der Waals surface area contributed by atoms with Crippen molar-refractivity contribution in [2.75, 3.05) is 0 Å². The van der Waals surface area contributed by atoms with E-state index in [1.807, 2.05) is 13.0 Å². The summed E-state index contributed by atoms with van der Waals surface area (Å²) in [5.74, 6) is 0.506. The van der Waals surface area contributed by atoms with Crippen LogP contribution < -0.4 is 0 Å². The Morgan fingerprint density at radius 1 is 1.48 bits per heavy atom. The number of hydrogen-bond donors (Lipinski definition) is 2. The van der Waals surface area contributed by atoms with Gasteiger partial charge in [-0.3, -0.25) is 4.79 Å². The first kappa shape index (κ1) is 18.2. The van der Waals surface area contributed by atoms with Gasteiger partial charge in [0.2, 0.25) is 0 Å². The van der Waals surface area contributed by atoms with Crippen LogP contribution >= 0.6 is 0 Å². The SMILES string of the molecule is CC(=O)O[C@H](CC[C@H](C)[C@@H]1C=C[C@@](C)(O)CC1)C(C)(C)O. The topological polar surface area (TPSA) is 66.8 Å². The molecule has 0 aliphatic heterocycles. The lowest BCUT2D eigenvalue weighted by atomic mass is 9.78. The Morgan fingerprint density at radius 2 is 2.10 bits per heavy atom. The van der Waals surface area contributed by atoms with Gasteiger partial charge < -0.3 is 14.9 Å². The molecule has 1 rings (SSSR count). The smallest absolute Gasteiger partial charge is 0.303 e. The molecule has 1 aliphatic rings. The molecular formula is C17H30O4. The van der Waals surface area contributed by atoms with Gasteiger partial charge in [0.15, 0.2) is 0 Å². The molecular weight excluding hydrogens is 268 g/mol. The summed E-state index contributed by atoms with van der Waals surface area (Å²) in [7, 11) is 0. The average Bonchev–Trinajstić information content (AvgIpc) is 2.32. The number of carbonyl (C=O) groups excluding carboxylic acids is 1. The summed E-state index contributed by atoms with van der Waals surface area (Å²) in [6, 6.07) is 0. The van der Waals surface area contributed by atoms with E-state index in [4.69, 9.17) is 4.74 Å². The van der Waals surface area contributed by atoms with Crippen molar-refractivity contribution in [3.8, 4) is 0 Å². The van der Waals surface area contributed by atoms with Crippen LogP contribution in [0.15, 0.2) is 12.2 Å². The van der Waals surface area contributed by atoms with E-state index in [0.717, 1.165) is 19.3 Å². The molecule has 2 N–H and O–H groups in total. The van der Waals surface area contributed by atoms with Gasteiger partial charge in [-0.15, -0.1) is 0 Å². The second-order valence-corrected chi connectivity index (χ2v) is 7.23. The number of hydrogen-bond acceptors (Lipinski definition) is 4. The van der Waals surface area contributed by atoms with Crippen LogP contribution in [0.5, 0.6) is 0 Å². The highest BCUT2D eigenvalue weighted by atomic mass is 16.6. The maximum absolute atomic E-state index is 11.1. The molecule has 0 fully saturated rings. The first-order valence-corrected chi connectivity index (χ1v) is 7.82. The monoisotopic (exact) mass is 298 g/mol. The molecule has 0 bridgehead atoms. The van der Waals surface area contributed by atoms with E-state index in [9.17, 15) is 15.0 Å². The second-order valence-electron chi connectivity index (χ2n) is 7.23. The molecule has 4 atom stereocenters. The summed E-state index contributed by atoms with van der Waals surface area (Å²) in [6.45, 7) is 8.71. The minimum absolute atomic E-state index is 0.358. The van der Waals surface area contributed by atoms with Gasteiger partial charge >= 0.3 is 5.97 Å². The van der Waals surface area contributed by atoms with Crippen molar-refractivity contribution in [2.24, 2.45) is 11.8 Å². The third kappa shape index (κ3) is 6.18. The van der Waals surface area contributed by atoms with Crippen LogP contribution in [0, 0.1) is 11.8 Å². The van der Waals surface area contributed by atoms with Gasteiger partial charge in [0, 0.05) is 6.92 Å². The van der Waals surface area contributed by atoms with Gasteiger partial charge in [-0.2, -0.15) is 0 Å². The zero-order chi connectivity index (χ0) is 16.3. The maximum atomic E-state index is 11.1. The predicted octanol–water partition coefficient (Wildman–Crippen LogP) is 2.82. The van der Waals surface area contributed by atoms with Gasteiger partial charge in [0.05, 0.1) is 11.2 Å². The minimum atomic E-state index is -1.03. The summed E-state index contributed by atoms with van der Waals surface area (Å²) >= 11 is 0. The van der Waals surface area contributed by atoms with E-state index in [-0.39, 0.29) is 5.97 Å². The zero-order valence-electron chi connectivity index (χ0n) is 13.9. The Balaban J connectivity index is 2.54. The van der Waals surface area contributed by atoms with E-state index in [0.29, 0.717) is 18.3 Å². The Kier molecular flexibility index (Phi) is 6.00. The molecule has 0 amide bonds. The predicted molar refractivity (Wildman–Crippen MR) is 82.7 cm³/mol. The van der Waals surface area contributed by atoms with Crippen molar-refractivity contribution >= 4 is 5.97 Å². The van der Waals surface area contributed by atoms with Gasteiger partial charge in [-0.1, -0.05) is 19.1 Å². The van der Waals surface area contributed by atoms with E-state index >= 15 is 0 Å². The van der Waals surface area contributed by atoms with Crippen LogP contribution in [-0.2, 0) is 9.53 Å². The molecule has 122 valence electrons. The van der Waals surface area contributed by atoms with Crippen molar-refractivity contribution in [1.82, 2.24) is 0 Å². The highest BCUT2D eigenvalue weighted by Gasteiger charge is 2.31. The maximum Gasteiger partial charge on any atom is 0.303 e. The highest BCUT2D eigenvalue weighted by molar-refractivity contribution is 5.66.